The molecule has 0 radical (unpaired) electrons. The second-order valence-electron chi connectivity index (χ2n) is 5.60. The number of rotatable bonds is 1. The molecule has 1 unspecified atom stereocenters. The quantitative estimate of drug-likeness (QED) is 0.703. The molecule has 2 fully saturated rings. The summed E-state index contributed by atoms with van der Waals surface area (Å²) < 4.78 is 0. The lowest BCUT2D eigenvalue weighted by atomic mass is 9.85. The van der Waals surface area contributed by atoms with Crippen LogP contribution in [0.5, 0.6) is 0 Å². The zero-order valence-electron chi connectivity index (χ0n) is 11.5. The molecule has 0 aromatic rings. The number of carboxylic acid groups (broad SMARTS) is 1. The molecular formula is C15H27NO2. The SMILES string of the molecule is CC1CCCC/C1=C\C(=O)O.NC1CCCCC1. The Morgan fingerprint density at radius 1 is 1.17 bits per heavy atom. The third kappa shape index (κ3) is 6.20. The minimum atomic E-state index is -0.797. The lowest BCUT2D eigenvalue weighted by Crippen LogP contribution is -2.22. The fraction of sp³-hybridized carbons (Fsp3) is 0.800. The molecule has 0 bridgehead atoms. The molecule has 0 saturated heterocycles. The van der Waals surface area contributed by atoms with Crippen molar-refractivity contribution in [3.8, 4) is 0 Å². The van der Waals surface area contributed by atoms with Crippen LogP contribution < -0.4 is 5.73 Å². The van der Waals surface area contributed by atoms with E-state index in [0.717, 1.165) is 24.8 Å². The van der Waals surface area contributed by atoms with E-state index in [9.17, 15) is 4.79 Å². The first-order valence-corrected chi connectivity index (χ1v) is 7.28. The van der Waals surface area contributed by atoms with Crippen LogP contribution in [0.25, 0.3) is 0 Å². The maximum Gasteiger partial charge on any atom is 0.328 e. The van der Waals surface area contributed by atoms with Crippen molar-refractivity contribution < 1.29 is 9.90 Å². The number of hydrogen-bond donors (Lipinski definition) is 2. The summed E-state index contributed by atoms with van der Waals surface area (Å²) in [5.41, 5.74) is 6.75. The highest BCUT2D eigenvalue weighted by atomic mass is 16.4. The van der Waals surface area contributed by atoms with Crippen molar-refractivity contribution in [2.75, 3.05) is 0 Å². The summed E-state index contributed by atoms with van der Waals surface area (Å²) in [7, 11) is 0. The van der Waals surface area contributed by atoms with E-state index < -0.39 is 5.97 Å². The zero-order chi connectivity index (χ0) is 13.4. The van der Waals surface area contributed by atoms with Crippen molar-refractivity contribution in [1.29, 1.82) is 0 Å². The topological polar surface area (TPSA) is 63.3 Å². The van der Waals surface area contributed by atoms with Gasteiger partial charge in [0.25, 0.3) is 0 Å². The Morgan fingerprint density at radius 3 is 2.22 bits per heavy atom. The predicted molar refractivity (Wildman–Crippen MR) is 74.4 cm³/mol. The minimum absolute atomic E-state index is 0.486. The van der Waals surface area contributed by atoms with Crippen LogP contribution in [0.1, 0.15) is 64.7 Å². The molecule has 2 aliphatic carbocycles. The van der Waals surface area contributed by atoms with Gasteiger partial charge in [-0.2, -0.15) is 0 Å². The Morgan fingerprint density at radius 2 is 1.78 bits per heavy atom. The maximum absolute atomic E-state index is 10.3. The third-order valence-corrected chi connectivity index (χ3v) is 3.94. The van der Waals surface area contributed by atoms with Gasteiger partial charge in [0.05, 0.1) is 0 Å². The van der Waals surface area contributed by atoms with Crippen molar-refractivity contribution in [3.05, 3.63) is 11.6 Å². The van der Waals surface area contributed by atoms with E-state index in [-0.39, 0.29) is 0 Å². The molecule has 3 nitrogen and oxygen atoms in total. The molecule has 104 valence electrons. The van der Waals surface area contributed by atoms with Crippen LogP contribution in [-0.4, -0.2) is 17.1 Å². The Bertz CT molecular complexity index is 280. The monoisotopic (exact) mass is 253 g/mol. The van der Waals surface area contributed by atoms with Crippen LogP contribution in [0.3, 0.4) is 0 Å². The van der Waals surface area contributed by atoms with E-state index in [1.54, 1.807) is 0 Å². The Kier molecular flexibility index (Phi) is 7.02. The van der Waals surface area contributed by atoms with Gasteiger partial charge in [0.2, 0.25) is 0 Å². The second kappa shape index (κ2) is 8.30. The van der Waals surface area contributed by atoms with E-state index in [0.29, 0.717) is 12.0 Å². The molecule has 18 heavy (non-hydrogen) atoms. The molecule has 0 heterocycles. The third-order valence-electron chi connectivity index (χ3n) is 3.94. The molecule has 3 heteroatoms. The number of nitrogens with two attached hydrogens (primary N) is 1. The van der Waals surface area contributed by atoms with Crippen LogP contribution >= 0.6 is 0 Å². The van der Waals surface area contributed by atoms with Crippen molar-refractivity contribution >= 4 is 5.97 Å². The van der Waals surface area contributed by atoms with E-state index in [1.807, 2.05) is 0 Å². The average molecular weight is 253 g/mol. The first-order valence-electron chi connectivity index (χ1n) is 7.28. The van der Waals surface area contributed by atoms with Gasteiger partial charge in [-0.15, -0.1) is 0 Å². The Balaban J connectivity index is 0.000000199. The number of allylic oxidation sites excluding steroid dienone is 1. The van der Waals surface area contributed by atoms with Crippen LogP contribution in [0.15, 0.2) is 11.6 Å². The predicted octanol–water partition coefficient (Wildman–Crippen LogP) is 3.49. The van der Waals surface area contributed by atoms with Gasteiger partial charge in [-0.1, -0.05) is 38.2 Å². The number of carboxylic acids is 1. The lowest BCUT2D eigenvalue weighted by molar-refractivity contribution is -0.131. The van der Waals surface area contributed by atoms with Crippen molar-refractivity contribution in [1.82, 2.24) is 0 Å². The number of carbonyl (C=O) groups is 1. The van der Waals surface area contributed by atoms with Crippen LogP contribution in [-0.2, 0) is 4.79 Å². The van der Waals surface area contributed by atoms with Gasteiger partial charge < -0.3 is 10.8 Å². The minimum Gasteiger partial charge on any atom is -0.478 e. The molecule has 0 amide bonds. The van der Waals surface area contributed by atoms with Crippen LogP contribution in [0.2, 0.25) is 0 Å². The van der Waals surface area contributed by atoms with Crippen molar-refractivity contribution in [2.24, 2.45) is 11.7 Å². The highest BCUT2D eigenvalue weighted by Gasteiger charge is 2.14. The fourth-order valence-electron chi connectivity index (χ4n) is 2.72. The second-order valence-corrected chi connectivity index (χ2v) is 5.60. The number of aliphatic carboxylic acids is 1. The lowest BCUT2D eigenvalue weighted by Gasteiger charge is -2.20. The zero-order valence-corrected chi connectivity index (χ0v) is 11.5. The summed E-state index contributed by atoms with van der Waals surface area (Å²) in [5, 5.41) is 8.51. The normalized spacial score (nSPS) is 27.4. The molecule has 1 atom stereocenters. The summed E-state index contributed by atoms with van der Waals surface area (Å²) >= 11 is 0. The molecule has 2 saturated carbocycles. The van der Waals surface area contributed by atoms with Gasteiger partial charge in [-0.25, -0.2) is 4.79 Å². The summed E-state index contributed by atoms with van der Waals surface area (Å²) in [6.07, 6.45) is 12.6. The van der Waals surface area contributed by atoms with Gasteiger partial charge in [0.1, 0.15) is 0 Å². The average Bonchev–Trinajstić information content (AvgIpc) is 2.33. The van der Waals surface area contributed by atoms with Crippen molar-refractivity contribution in [2.45, 2.75) is 70.8 Å². The molecule has 0 aromatic heterocycles. The first-order chi connectivity index (χ1) is 8.59. The summed E-state index contributed by atoms with van der Waals surface area (Å²) in [5.74, 6) is -0.311. The van der Waals surface area contributed by atoms with E-state index in [1.165, 1.54) is 44.6 Å². The van der Waals surface area contributed by atoms with E-state index >= 15 is 0 Å². The van der Waals surface area contributed by atoms with E-state index in [4.69, 9.17) is 10.8 Å². The van der Waals surface area contributed by atoms with Gasteiger partial charge in [-0.3, -0.25) is 0 Å². The standard InChI is InChI=1S/C9H14O2.C6H13N/c1-7-4-2-3-5-8(7)6-9(10)11;7-6-4-2-1-3-5-6/h6-7H,2-5H2,1H3,(H,10,11);6H,1-5,7H2/b8-6+;. The van der Waals surface area contributed by atoms with Crippen LogP contribution in [0, 0.1) is 5.92 Å². The summed E-state index contributed by atoms with van der Waals surface area (Å²) in [4.78, 5) is 10.3. The fourth-order valence-corrected chi connectivity index (χ4v) is 2.72. The molecule has 2 aliphatic rings. The van der Waals surface area contributed by atoms with Gasteiger partial charge >= 0.3 is 5.97 Å². The summed E-state index contributed by atoms with van der Waals surface area (Å²) in [6, 6.07) is 0.536. The van der Waals surface area contributed by atoms with Crippen molar-refractivity contribution in [3.63, 3.8) is 0 Å². The molecule has 0 aromatic carbocycles. The molecular weight excluding hydrogens is 226 g/mol. The Hall–Kier alpha value is -0.830. The molecule has 0 spiro atoms. The summed E-state index contributed by atoms with van der Waals surface area (Å²) in [6.45, 7) is 2.11. The Labute approximate surface area is 110 Å². The van der Waals surface area contributed by atoms with E-state index in [2.05, 4.69) is 6.92 Å². The molecule has 3 N–H and O–H groups in total. The maximum atomic E-state index is 10.3. The molecule has 0 aliphatic heterocycles. The van der Waals surface area contributed by atoms with Crippen LogP contribution in [0.4, 0.5) is 0 Å². The highest BCUT2D eigenvalue weighted by Crippen LogP contribution is 2.28. The highest BCUT2D eigenvalue weighted by molar-refractivity contribution is 5.80. The largest absolute Gasteiger partial charge is 0.478 e. The molecule has 2 rings (SSSR count). The van der Waals surface area contributed by atoms with Gasteiger partial charge in [-0.05, 0) is 38.0 Å². The first kappa shape index (κ1) is 15.2. The number of hydrogen-bond acceptors (Lipinski definition) is 2. The smallest absolute Gasteiger partial charge is 0.328 e. The van der Waals surface area contributed by atoms with Gasteiger partial charge in [0, 0.05) is 12.1 Å². The van der Waals surface area contributed by atoms with Gasteiger partial charge in [0.15, 0.2) is 0 Å².